The maximum atomic E-state index is 14.1. The number of hydrogen-bond acceptors (Lipinski definition) is 5. The van der Waals surface area contributed by atoms with Gasteiger partial charge in [-0.3, -0.25) is 15.1 Å². The number of carbonyl (C=O) groups is 1. The summed E-state index contributed by atoms with van der Waals surface area (Å²) in [4.78, 5) is 16.4. The highest BCUT2D eigenvalue weighted by molar-refractivity contribution is 7.89. The van der Waals surface area contributed by atoms with Crippen LogP contribution in [0.25, 0.3) is 11.1 Å². The lowest BCUT2D eigenvalue weighted by molar-refractivity contribution is -0.121. The Morgan fingerprint density at radius 1 is 0.783 bits per heavy atom. The van der Waals surface area contributed by atoms with Crippen molar-refractivity contribution in [1.29, 1.82) is 5.41 Å². The minimum Gasteiger partial charge on any atom is -0.390 e. The molecule has 0 aliphatic rings. The lowest BCUT2D eigenvalue weighted by Crippen LogP contribution is -2.45. The number of nitrogens with one attached hydrogen (secondary N) is 2. The largest absolute Gasteiger partial charge is 0.390 e. The average molecular weight is 634 g/mol. The van der Waals surface area contributed by atoms with Gasteiger partial charge in [-0.15, -0.1) is 0 Å². The number of nitrogens with zero attached hydrogens (tertiary/aromatic N) is 1. The summed E-state index contributed by atoms with van der Waals surface area (Å²) in [5.41, 5.74) is 10.7. The molecule has 0 radical (unpaired) electrons. The van der Waals surface area contributed by atoms with Crippen LogP contribution >= 0.6 is 0 Å². The van der Waals surface area contributed by atoms with Gasteiger partial charge in [-0.2, -0.15) is 0 Å². The van der Waals surface area contributed by atoms with Gasteiger partial charge in [0.05, 0.1) is 17.3 Å². The fourth-order valence-corrected chi connectivity index (χ4v) is 6.04. The molecule has 0 heterocycles. The number of sulfonamides is 1. The van der Waals surface area contributed by atoms with E-state index < -0.39 is 16.1 Å². The van der Waals surface area contributed by atoms with Crippen LogP contribution in [0.5, 0.6) is 0 Å². The molecule has 0 saturated heterocycles. The monoisotopic (exact) mass is 633 g/mol. The number of carbonyl (C=O) groups excluding carboxylic acids is 1. The van der Waals surface area contributed by atoms with Crippen molar-refractivity contribution in [2.75, 3.05) is 5.32 Å². The molecule has 6 N–H and O–H groups in total. The highest BCUT2D eigenvalue weighted by Crippen LogP contribution is 2.28. The van der Waals surface area contributed by atoms with Crippen molar-refractivity contribution in [3.63, 3.8) is 0 Å². The minimum atomic E-state index is -3.89. The molecule has 1 amide bonds. The highest BCUT2D eigenvalue weighted by Gasteiger charge is 2.27. The fourth-order valence-electron chi connectivity index (χ4n) is 5.28. The Balaban J connectivity index is 0.00000154. The van der Waals surface area contributed by atoms with Gasteiger partial charge in [-0.25, -0.2) is 13.6 Å². The van der Waals surface area contributed by atoms with Gasteiger partial charge in [0, 0.05) is 24.3 Å². The van der Waals surface area contributed by atoms with Gasteiger partial charge in [0.1, 0.15) is 0 Å². The topological polar surface area (TPSA) is 142 Å². The number of aryl methyl sites for hydroxylation is 1. The predicted octanol–water partition coefficient (Wildman–Crippen LogP) is 6.11. The Kier molecular flexibility index (Phi) is 12.0. The molecule has 236 valence electrons. The zero-order valence-electron chi connectivity index (χ0n) is 25.7. The molecule has 9 heteroatoms. The summed E-state index contributed by atoms with van der Waals surface area (Å²) in [6.07, 6.45) is 1.28. The normalized spacial score (nSPS) is 11.6. The molecule has 0 saturated carbocycles. The molecule has 0 aromatic heterocycles. The minimum absolute atomic E-state index is 0.0578. The molecular weight excluding hydrogens is 595 g/mol. The van der Waals surface area contributed by atoms with Crippen molar-refractivity contribution in [2.24, 2.45) is 10.9 Å². The molecule has 46 heavy (non-hydrogen) atoms. The molecular formula is C37H39N5O3S. The van der Waals surface area contributed by atoms with E-state index in [0.717, 1.165) is 23.0 Å². The first-order valence-electron chi connectivity index (χ1n) is 14.8. The van der Waals surface area contributed by atoms with E-state index in [9.17, 15) is 13.2 Å². The summed E-state index contributed by atoms with van der Waals surface area (Å²) in [7, 11) is -3.89. The average Bonchev–Trinajstić information content (AvgIpc) is 3.05. The van der Waals surface area contributed by atoms with Crippen LogP contribution in [-0.2, 0) is 34.3 Å². The maximum absolute atomic E-state index is 14.1. The highest BCUT2D eigenvalue weighted by atomic mass is 32.2. The van der Waals surface area contributed by atoms with Crippen molar-refractivity contribution >= 4 is 28.0 Å². The second-order valence-electron chi connectivity index (χ2n) is 10.9. The van der Waals surface area contributed by atoms with Gasteiger partial charge >= 0.3 is 0 Å². The first-order valence-corrected chi connectivity index (χ1v) is 16.3. The van der Waals surface area contributed by atoms with E-state index in [0.29, 0.717) is 36.3 Å². The Labute approximate surface area is 271 Å². The van der Waals surface area contributed by atoms with E-state index in [4.69, 9.17) is 10.5 Å². The summed E-state index contributed by atoms with van der Waals surface area (Å²) in [6, 6.07) is 41.9. The third-order valence-corrected chi connectivity index (χ3v) is 8.34. The van der Waals surface area contributed by atoms with Crippen LogP contribution in [0.3, 0.4) is 0 Å². The summed E-state index contributed by atoms with van der Waals surface area (Å²) in [6.45, 7) is 3.28. The van der Waals surface area contributed by atoms with E-state index in [1.165, 1.54) is 11.6 Å². The zero-order valence-corrected chi connectivity index (χ0v) is 26.5. The number of amides is 1. The molecule has 5 aromatic carbocycles. The van der Waals surface area contributed by atoms with Crippen molar-refractivity contribution in [3.8, 4) is 11.1 Å². The Hall–Kier alpha value is -5.09. The van der Waals surface area contributed by atoms with Crippen LogP contribution < -0.4 is 16.2 Å². The van der Waals surface area contributed by atoms with Crippen molar-refractivity contribution in [3.05, 3.63) is 156 Å². The van der Waals surface area contributed by atoms with Crippen LogP contribution in [0.1, 0.15) is 22.3 Å². The number of hydrogen-bond donors (Lipinski definition) is 4. The molecule has 1 unspecified atom stereocenters. The standard InChI is InChI=1S/C36H35N3O3S.CH4N2/c1-27-11-10-16-30(23-27)26-39(25-29-14-6-3-7-15-29)34(24-28-12-4-2-5-13-28)36(40)38-32-21-19-31(20-22-32)33-17-8-9-18-35(33)43(37,41)42;2-1-3/h2-23,34H,24-26H2,1H3,(H,38,40)(H2,37,41,42);1H,(H3,2,3). The van der Waals surface area contributed by atoms with Crippen LogP contribution in [-0.4, -0.2) is 31.6 Å². The zero-order chi connectivity index (χ0) is 32.9. The summed E-state index contributed by atoms with van der Waals surface area (Å²) < 4.78 is 24.2. The fraction of sp³-hybridized carbons (Fsp3) is 0.135. The maximum Gasteiger partial charge on any atom is 0.242 e. The van der Waals surface area contributed by atoms with E-state index in [1.807, 2.05) is 54.6 Å². The summed E-state index contributed by atoms with van der Waals surface area (Å²) >= 11 is 0. The van der Waals surface area contributed by atoms with Gasteiger partial charge in [-0.05, 0) is 53.8 Å². The quantitative estimate of drug-likeness (QED) is 0.103. The second-order valence-corrected chi connectivity index (χ2v) is 12.4. The lowest BCUT2D eigenvalue weighted by atomic mass is 10.0. The first-order chi connectivity index (χ1) is 22.2. The molecule has 5 rings (SSSR count). The van der Waals surface area contributed by atoms with Crippen LogP contribution in [0.4, 0.5) is 5.69 Å². The molecule has 5 aromatic rings. The van der Waals surface area contributed by atoms with E-state index in [1.54, 1.807) is 42.5 Å². The molecule has 0 spiro atoms. The summed E-state index contributed by atoms with van der Waals surface area (Å²) in [5.74, 6) is -0.120. The van der Waals surface area contributed by atoms with Crippen molar-refractivity contribution < 1.29 is 13.2 Å². The molecule has 8 nitrogen and oxygen atoms in total. The summed E-state index contributed by atoms with van der Waals surface area (Å²) in [5, 5.41) is 14.4. The number of nitrogens with two attached hydrogens (primary N) is 2. The van der Waals surface area contributed by atoms with Gasteiger partial charge in [0.2, 0.25) is 15.9 Å². The molecule has 0 aliphatic carbocycles. The number of primary sulfonamides is 1. The molecule has 0 bridgehead atoms. The number of anilines is 1. The van der Waals surface area contributed by atoms with E-state index >= 15 is 0 Å². The van der Waals surface area contributed by atoms with E-state index in [-0.39, 0.29) is 10.8 Å². The first kappa shape index (κ1) is 33.8. The van der Waals surface area contributed by atoms with Crippen LogP contribution in [0.15, 0.2) is 138 Å². The Bertz CT molecular complexity index is 1830. The van der Waals surface area contributed by atoms with Crippen molar-refractivity contribution in [2.45, 2.75) is 37.4 Å². The Morgan fingerprint density at radius 3 is 1.93 bits per heavy atom. The van der Waals surface area contributed by atoms with Crippen LogP contribution in [0, 0.1) is 12.3 Å². The van der Waals surface area contributed by atoms with Gasteiger partial charge in [-0.1, -0.05) is 121 Å². The molecule has 1 atom stereocenters. The SMILES string of the molecule is Cc1cccc(CN(Cc2ccccc2)C(Cc2ccccc2)C(=O)Nc2ccc(-c3ccccc3S(N)(=O)=O)cc2)c1.N=CN. The smallest absolute Gasteiger partial charge is 0.242 e. The van der Waals surface area contributed by atoms with Crippen LogP contribution in [0.2, 0.25) is 0 Å². The predicted molar refractivity (Wildman–Crippen MR) is 186 cm³/mol. The molecule has 0 fully saturated rings. The Morgan fingerprint density at radius 2 is 1.33 bits per heavy atom. The lowest BCUT2D eigenvalue weighted by Gasteiger charge is -2.31. The van der Waals surface area contributed by atoms with Crippen molar-refractivity contribution in [1.82, 2.24) is 4.90 Å². The third-order valence-electron chi connectivity index (χ3n) is 7.37. The number of benzene rings is 5. The second kappa shape index (κ2) is 16.3. The number of rotatable bonds is 11. The van der Waals surface area contributed by atoms with Gasteiger partial charge < -0.3 is 11.1 Å². The molecule has 0 aliphatic heterocycles. The third kappa shape index (κ3) is 9.70. The van der Waals surface area contributed by atoms with Gasteiger partial charge in [0.15, 0.2) is 0 Å². The van der Waals surface area contributed by atoms with Gasteiger partial charge in [0.25, 0.3) is 0 Å². The van der Waals surface area contributed by atoms with E-state index in [2.05, 4.69) is 53.2 Å².